The summed E-state index contributed by atoms with van der Waals surface area (Å²) in [6.45, 7) is 44.3. The van der Waals surface area contributed by atoms with Crippen molar-refractivity contribution >= 4 is 110 Å². The summed E-state index contributed by atoms with van der Waals surface area (Å²) >= 11 is 0. The van der Waals surface area contributed by atoms with Crippen molar-refractivity contribution in [1.29, 1.82) is 0 Å². The third kappa shape index (κ3) is 11.0. The van der Waals surface area contributed by atoms with E-state index in [4.69, 9.17) is 9.47 Å². The molecule has 2 heterocycles. The number of benzene rings is 8. The van der Waals surface area contributed by atoms with Gasteiger partial charge in [0.05, 0.1) is 87.0 Å². The maximum absolute atomic E-state index is 15.8. The molecule has 2 N–H and O–H groups in total. The Bertz CT molecular complexity index is 4050. The average Bonchev–Trinajstić information content (AvgIpc) is 3.98. The first-order chi connectivity index (χ1) is 38.2. The van der Waals surface area contributed by atoms with Gasteiger partial charge in [-0.1, -0.05) is 185 Å². The number of hydrogen-bond acceptors (Lipinski definition) is 4. The monoisotopic (exact) mass is 1180 g/mol. The van der Waals surface area contributed by atoms with Gasteiger partial charge in [-0.2, -0.15) is 0 Å². The number of fused-ring (bicyclic) bond motifs is 6. The minimum Gasteiger partial charge on any atom is -0.505 e. The van der Waals surface area contributed by atoms with E-state index in [2.05, 4.69) is 218 Å². The molecule has 10 aromatic rings. The van der Waals surface area contributed by atoms with Gasteiger partial charge in [-0.05, 0) is 111 Å². The molecule has 0 saturated heterocycles. The van der Waals surface area contributed by atoms with Crippen LogP contribution in [0.25, 0.3) is 77.2 Å². The number of phenolic OH excluding ortho intramolecular Hbond substituents is 2. The summed E-state index contributed by atoms with van der Waals surface area (Å²) in [6.07, 6.45) is 0.515. The lowest BCUT2D eigenvalue weighted by atomic mass is 9.97. The van der Waals surface area contributed by atoms with Crippen molar-refractivity contribution in [3.63, 3.8) is 0 Å². The molecular formula is C70H85FN2O4Si5. The third-order valence-electron chi connectivity index (χ3n) is 16.7. The zero-order valence-corrected chi connectivity index (χ0v) is 57.2. The number of halogens is 1. The minimum atomic E-state index is -1.86. The fourth-order valence-electron chi connectivity index (χ4n) is 11.8. The molecule has 8 aromatic carbocycles. The summed E-state index contributed by atoms with van der Waals surface area (Å²) in [6, 6.07) is 43.4. The zero-order chi connectivity index (χ0) is 59.5. The van der Waals surface area contributed by atoms with Crippen LogP contribution in [0.15, 0.2) is 121 Å². The molecule has 12 heteroatoms. The van der Waals surface area contributed by atoms with E-state index in [1.165, 1.54) is 48.8 Å². The first-order valence-corrected chi connectivity index (χ1v) is 46.8. The molecule has 0 amide bonds. The molecule has 0 aliphatic carbocycles. The second-order valence-corrected chi connectivity index (χ2v) is 53.9. The number of aryl methyl sites for hydroxylation is 4. The van der Waals surface area contributed by atoms with Crippen LogP contribution in [-0.2, 0) is 0 Å². The number of aromatic nitrogens is 2. The van der Waals surface area contributed by atoms with Crippen molar-refractivity contribution in [2.24, 2.45) is 0 Å². The van der Waals surface area contributed by atoms with Gasteiger partial charge in [0, 0.05) is 50.2 Å². The maximum Gasteiger partial charge on any atom is 0.147 e. The van der Waals surface area contributed by atoms with Gasteiger partial charge in [-0.25, -0.2) is 4.39 Å². The topological polar surface area (TPSA) is 68.8 Å². The van der Waals surface area contributed by atoms with Gasteiger partial charge in [-0.3, -0.25) is 0 Å². The molecule has 0 aliphatic heterocycles. The normalized spacial score (nSPS) is 12.9. The number of nitrogens with zero attached hydrogens (tertiary/aromatic N) is 2. The fourth-order valence-corrected chi connectivity index (χ4v) is 17.7. The van der Waals surface area contributed by atoms with E-state index in [1.54, 1.807) is 0 Å². The van der Waals surface area contributed by atoms with Crippen molar-refractivity contribution < 1.29 is 24.1 Å². The van der Waals surface area contributed by atoms with E-state index in [-0.39, 0.29) is 18.1 Å². The van der Waals surface area contributed by atoms with Crippen LogP contribution >= 0.6 is 0 Å². The van der Waals surface area contributed by atoms with Crippen molar-refractivity contribution in [3.05, 3.63) is 149 Å². The smallest absolute Gasteiger partial charge is 0.147 e. The van der Waals surface area contributed by atoms with Crippen LogP contribution in [-0.4, -0.2) is 72.9 Å². The molecule has 0 radical (unpaired) electrons. The lowest BCUT2D eigenvalue weighted by molar-refractivity contribution is 0.246. The molecule has 0 fully saturated rings. The molecule has 6 nitrogen and oxygen atoms in total. The summed E-state index contributed by atoms with van der Waals surface area (Å²) in [5, 5.41) is 37.1. The SMILES string of the molecule is Cc1cc(-c2cc(F)cc(C)c2OCCCOc2c(C)cc([Si](C)(C)C)cc2-c2cc(C)cc(-n3c4cc([Si](C)(C)C)ccc4c4ccc([Si](C)(C)C)cc43)c2O)c(O)c(-n2c3cc([Si](C)(C)C)ccc3c3ccc([Si](C)(C)C)cc32)c1. The molecule has 0 aliphatic rings. The standard InChI is InChI=1S/C70H85FN2O4Si5/c1-43-31-57(67(74)65(33-43)72-61-39-48(78(5,6)7)21-25-53(61)54-26-22-49(40-62(54)72)79(8,9)10)59-37-47(71)35-45(3)69(59)76-29-20-30-77-70-46(4)36-52(82(17,18)19)38-60(70)58-32-44(2)34-66(68(58)75)73-63-41-50(80(11,12)13)23-27-55(63)56-28-24-51(42-64(56)73)81(14,15)16/h21-28,31-42,74-75H,20,29-30H2,1-19H3. The number of hydrogen-bond donors (Lipinski definition) is 2. The molecule has 82 heavy (non-hydrogen) atoms. The summed E-state index contributed by atoms with van der Waals surface area (Å²) < 4.78 is 34.0. The van der Waals surface area contributed by atoms with Crippen LogP contribution < -0.4 is 35.4 Å². The molecule has 0 atom stereocenters. The lowest BCUT2D eigenvalue weighted by Gasteiger charge is -2.24. The van der Waals surface area contributed by atoms with E-state index in [1.807, 2.05) is 26.0 Å². The number of ether oxygens (including phenoxy) is 2. The second-order valence-electron chi connectivity index (χ2n) is 28.5. The Balaban J connectivity index is 1.02. The first kappa shape index (κ1) is 58.8. The Kier molecular flexibility index (Phi) is 15.1. The molecule has 426 valence electrons. The molecule has 0 bridgehead atoms. The average molecular weight is 1180 g/mol. The van der Waals surface area contributed by atoms with E-state index in [0.717, 1.165) is 72.1 Å². The van der Waals surface area contributed by atoms with Gasteiger partial charge in [-0.15, -0.1) is 0 Å². The van der Waals surface area contributed by atoms with Gasteiger partial charge in [0.2, 0.25) is 0 Å². The van der Waals surface area contributed by atoms with Gasteiger partial charge < -0.3 is 28.8 Å². The van der Waals surface area contributed by atoms with Gasteiger partial charge in [0.15, 0.2) is 0 Å². The molecule has 0 unspecified atom stereocenters. The molecule has 10 rings (SSSR count). The van der Waals surface area contributed by atoms with E-state index in [0.29, 0.717) is 41.2 Å². The van der Waals surface area contributed by atoms with Gasteiger partial charge in [0.1, 0.15) is 28.8 Å². The van der Waals surface area contributed by atoms with E-state index in [9.17, 15) is 10.2 Å². The zero-order valence-electron chi connectivity index (χ0n) is 52.2. The Morgan fingerprint density at radius 2 is 0.683 bits per heavy atom. The first-order valence-electron chi connectivity index (χ1n) is 29.3. The van der Waals surface area contributed by atoms with E-state index >= 15 is 4.39 Å². The highest BCUT2D eigenvalue weighted by Crippen LogP contribution is 2.47. The number of rotatable bonds is 15. The quantitative estimate of drug-likeness (QED) is 0.0793. The highest BCUT2D eigenvalue weighted by molar-refractivity contribution is 6.90. The summed E-state index contributed by atoms with van der Waals surface area (Å²) in [5.74, 6) is 1.13. The van der Waals surface area contributed by atoms with Crippen molar-refractivity contribution in [2.45, 2.75) is 132 Å². The van der Waals surface area contributed by atoms with Gasteiger partial charge in [0.25, 0.3) is 0 Å². The van der Waals surface area contributed by atoms with Crippen molar-refractivity contribution in [2.75, 3.05) is 13.2 Å². The Morgan fingerprint density at radius 3 is 1.01 bits per heavy atom. The Morgan fingerprint density at radius 1 is 0.366 bits per heavy atom. The predicted molar refractivity (Wildman–Crippen MR) is 365 cm³/mol. The van der Waals surface area contributed by atoms with Crippen LogP contribution in [0.4, 0.5) is 4.39 Å². The van der Waals surface area contributed by atoms with Gasteiger partial charge >= 0.3 is 0 Å². The highest BCUT2D eigenvalue weighted by atomic mass is 28.3. The largest absolute Gasteiger partial charge is 0.505 e. The Hall–Kier alpha value is -6.43. The second kappa shape index (κ2) is 21.0. The molecular weight excluding hydrogens is 1090 g/mol. The van der Waals surface area contributed by atoms with E-state index < -0.39 is 46.2 Å². The van der Waals surface area contributed by atoms with Crippen molar-refractivity contribution in [1.82, 2.24) is 9.13 Å². The fraction of sp³-hybridized carbons (Fsp3) is 0.314. The summed E-state index contributed by atoms with van der Waals surface area (Å²) in [7, 11) is -8.74. The highest BCUT2D eigenvalue weighted by Gasteiger charge is 2.29. The lowest BCUT2D eigenvalue weighted by Crippen LogP contribution is -2.37. The molecule has 0 saturated carbocycles. The Labute approximate surface area is 491 Å². The predicted octanol–water partition coefficient (Wildman–Crippen LogP) is 16.6. The van der Waals surface area contributed by atoms with Crippen LogP contribution in [0.1, 0.15) is 28.7 Å². The van der Waals surface area contributed by atoms with Crippen LogP contribution in [0, 0.1) is 33.5 Å². The molecule has 2 aromatic heterocycles. The maximum atomic E-state index is 15.8. The third-order valence-corrected chi connectivity index (χ3v) is 26.9. The number of aromatic hydroxyl groups is 2. The van der Waals surface area contributed by atoms with Crippen LogP contribution in [0.2, 0.25) is 98.2 Å². The van der Waals surface area contributed by atoms with Crippen LogP contribution in [0.5, 0.6) is 23.0 Å². The number of phenols is 2. The van der Waals surface area contributed by atoms with Crippen molar-refractivity contribution in [3.8, 4) is 56.6 Å². The molecule has 0 spiro atoms. The summed E-state index contributed by atoms with van der Waals surface area (Å²) in [5.41, 5.74) is 11.9. The van der Waals surface area contributed by atoms with Crippen LogP contribution in [0.3, 0.4) is 0 Å². The summed E-state index contributed by atoms with van der Waals surface area (Å²) in [4.78, 5) is 0. The minimum absolute atomic E-state index is 0.0671.